The number of benzene rings is 1. The van der Waals surface area contributed by atoms with Crippen LogP contribution in [0.4, 0.5) is 5.69 Å². The highest BCUT2D eigenvalue weighted by molar-refractivity contribution is 6.00. The van der Waals surface area contributed by atoms with Crippen molar-refractivity contribution in [1.29, 1.82) is 0 Å². The molecule has 7 nitrogen and oxygen atoms in total. The summed E-state index contributed by atoms with van der Waals surface area (Å²) in [4.78, 5) is 30.3. The maximum atomic E-state index is 13.2. The van der Waals surface area contributed by atoms with E-state index in [0.29, 0.717) is 11.4 Å². The normalized spacial score (nSPS) is 14.8. The van der Waals surface area contributed by atoms with Gasteiger partial charge in [-0.05, 0) is 68.0 Å². The fraction of sp³-hybridized carbons (Fsp3) is 0.360. The monoisotopic (exact) mass is 431 g/mol. The van der Waals surface area contributed by atoms with E-state index in [4.69, 9.17) is 0 Å². The summed E-state index contributed by atoms with van der Waals surface area (Å²) in [5.41, 5.74) is 5.44. The second-order valence-corrected chi connectivity index (χ2v) is 8.49. The molecule has 0 aliphatic heterocycles. The maximum Gasteiger partial charge on any atom is 0.270 e. The second-order valence-electron chi connectivity index (χ2n) is 8.49. The first kappa shape index (κ1) is 21.7. The van der Waals surface area contributed by atoms with Gasteiger partial charge in [-0.15, -0.1) is 0 Å². The molecule has 1 fully saturated rings. The van der Waals surface area contributed by atoms with Crippen molar-refractivity contribution in [3.63, 3.8) is 0 Å². The van der Waals surface area contributed by atoms with Gasteiger partial charge in [0, 0.05) is 36.4 Å². The Hall–Kier alpha value is -3.48. The van der Waals surface area contributed by atoms with Gasteiger partial charge in [-0.3, -0.25) is 19.3 Å². The van der Waals surface area contributed by atoms with Crippen molar-refractivity contribution < 1.29 is 9.59 Å². The summed E-state index contributed by atoms with van der Waals surface area (Å²) in [6.45, 7) is 4.06. The van der Waals surface area contributed by atoms with E-state index >= 15 is 0 Å². The highest BCUT2D eigenvalue weighted by Crippen LogP contribution is 2.30. The minimum absolute atomic E-state index is 0.132. The third-order valence-corrected chi connectivity index (χ3v) is 6.28. The summed E-state index contributed by atoms with van der Waals surface area (Å²) in [6, 6.07) is 10.8. The number of hydrogen-bond acceptors (Lipinski definition) is 4. The molecule has 0 bridgehead atoms. The minimum atomic E-state index is -0.581. The molecule has 32 heavy (non-hydrogen) atoms. The van der Waals surface area contributed by atoms with Crippen LogP contribution in [0.5, 0.6) is 0 Å². The minimum Gasteiger partial charge on any atom is -0.339 e. The maximum absolute atomic E-state index is 13.2. The van der Waals surface area contributed by atoms with Crippen LogP contribution in [0, 0.1) is 19.8 Å². The summed E-state index contributed by atoms with van der Waals surface area (Å²) in [5, 5.41) is 10.0. The number of aryl methyl sites for hydroxylation is 3. The number of aromatic nitrogens is 3. The van der Waals surface area contributed by atoms with Crippen LogP contribution < -0.4 is 10.6 Å². The van der Waals surface area contributed by atoms with Gasteiger partial charge in [0.25, 0.3) is 5.91 Å². The van der Waals surface area contributed by atoms with Gasteiger partial charge in [-0.1, -0.05) is 25.0 Å². The Balaban J connectivity index is 1.50. The van der Waals surface area contributed by atoms with Gasteiger partial charge in [0.05, 0.1) is 0 Å². The molecule has 0 saturated heterocycles. The fourth-order valence-corrected chi connectivity index (χ4v) is 4.57. The van der Waals surface area contributed by atoms with Crippen LogP contribution >= 0.6 is 0 Å². The zero-order valence-corrected chi connectivity index (χ0v) is 18.8. The zero-order valence-electron chi connectivity index (χ0n) is 18.8. The summed E-state index contributed by atoms with van der Waals surface area (Å²) >= 11 is 0. The van der Waals surface area contributed by atoms with Crippen LogP contribution in [-0.4, -0.2) is 32.6 Å². The van der Waals surface area contributed by atoms with Crippen molar-refractivity contribution in [3.8, 4) is 11.1 Å². The molecule has 2 aromatic heterocycles. The first-order valence-corrected chi connectivity index (χ1v) is 11.1. The number of nitrogens with zero attached hydrogens (tertiary/aromatic N) is 3. The van der Waals surface area contributed by atoms with Crippen LogP contribution in [0.2, 0.25) is 0 Å². The number of amides is 2. The lowest BCUT2D eigenvalue weighted by molar-refractivity contribution is -0.119. The molecule has 1 aliphatic carbocycles. The lowest BCUT2D eigenvalue weighted by atomic mass is 9.96. The highest BCUT2D eigenvalue weighted by Gasteiger charge is 2.32. The average molecular weight is 432 g/mol. The lowest BCUT2D eigenvalue weighted by Gasteiger charge is -2.24. The third-order valence-electron chi connectivity index (χ3n) is 6.28. The molecule has 1 aliphatic rings. The molecule has 1 atom stereocenters. The number of rotatable bonds is 6. The van der Waals surface area contributed by atoms with Gasteiger partial charge in [0.1, 0.15) is 11.7 Å². The van der Waals surface area contributed by atoms with Gasteiger partial charge in [-0.2, -0.15) is 5.10 Å². The predicted octanol–water partition coefficient (Wildman–Crippen LogP) is 4.03. The van der Waals surface area contributed by atoms with Crippen LogP contribution in [0.1, 0.15) is 47.4 Å². The molecule has 2 N–H and O–H groups in total. The average Bonchev–Trinajstić information content (AvgIpc) is 3.45. The summed E-state index contributed by atoms with van der Waals surface area (Å²) in [6.07, 6.45) is 7.41. The topological polar surface area (TPSA) is 88.9 Å². The van der Waals surface area contributed by atoms with Crippen LogP contribution in [0.15, 0.2) is 48.8 Å². The van der Waals surface area contributed by atoms with Gasteiger partial charge >= 0.3 is 0 Å². The van der Waals surface area contributed by atoms with Crippen molar-refractivity contribution in [1.82, 2.24) is 20.1 Å². The molecule has 0 spiro atoms. The van der Waals surface area contributed by atoms with E-state index in [-0.39, 0.29) is 17.7 Å². The van der Waals surface area contributed by atoms with Crippen molar-refractivity contribution >= 4 is 17.5 Å². The number of pyridine rings is 1. The van der Waals surface area contributed by atoms with E-state index in [9.17, 15) is 9.59 Å². The Morgan fingerprint density at radius 3 is 2.38 bits per heavy atom. The van der Waals surface area contributed by atoms with Crippen LogP contribution in [0.3, 0.4) is 0 Å². The SMILES string of the molecule is Cc1ccnc(C)c1-c1ccc(NC(=O)[C@@H](NC(=O)c2ccnn2C)C2CCCC2)cc1. The standard InChI is InChI=1S/C25H29N5O2/c1-16-12-14-26-17(2)22(16)18-8-10-20(11-9-18)28-25(32)23(19-6-4-5-7-19)29-24(31)21-13-15-27-30(21)3/h8-15,19,23H,4-7H2,1-3H3,(H,28,32)(H,29,31)/t23-/m0/s1. The third kappa shape index (κ3) is 4.56. The molecule has 7 heteroatoms. The molecule has 2 heterocycles. The molecule has 2 amide bonds. The highest BCUT2D eigenvalue weighted by atomic mass is 16.2. The van der Waals surface area contributed by atoms with Gasteiger partial charge in [-0.25, -0.2) is 0 Å². The smallest absolute Gasteiger partial charge is 0.270 e. The Morgan fingerprint density at radius 1 is 1.03 bits per heavy atom. The Kier molecular flexibility index (Phi) is 6.35. The number of carbonyl (C=O) groups excluding carboxylic acids is 2. The van der Waals surface area contributed by atoms with E-state index in [2.05, 4.69) is 27.6 Å². The van der Waals surface area contributed by atoms with Gasteiger partial charge in [0.2, 0.25) is 5.91 Å². The summed E-state index contributed by atoms with van der Waals surface area (Å²) in [5.74, 6) is -0.337. The first-order chi connectivity index (χ1) is 15.4. The number of hydrogen-bond donors (Lipinski definition) is 2. The predicted molar refractivity (Wildman–Crippen MR) is 124 cm³/mol. The Bertz CT molecular complexity index is 1090. The van der Waals surface area contributed by atoms with Gasteiger partial charge in [0.15, 0.2) is 0 Å². The van der Waals surface area contributed by atoms with Gasteiger partial charge < -0.3 is 10.6 Å². The molecule has 1 saturated carbocycles. The number of anilines is 1. The lowest BCUT2D eigenvalue weighted by Crippen LogP contribution is -2.48. The van der Waals surface area contributed by atoms with E-state index in [1.54, 1.807) is 19.3 Å². The summed E-state index contributed by atoms with van der Waals surface area (Å²) < 4.78 is 1.51. The molecule has 0 radical (unpaired) electrons. The zero-order chi connectivity index (χ0) is 22.7. The van der Waals surface area contributed by atoms with E-state index in [1.807, 2.05) is 43.5 Å². The van der Waals surface area contributed by atoms with Crippen molar-refractivity contribution in [2.45, 2.75) is 45.6 Å². The largest absolute Gasteiger partial charge is 0.339 e. The van der Waals surface area contributed by atoms with E-state index in [1.165, 1.54) is 4.68 Å². The number of carbonyl (C=O) groups is 2. The molecular formula is C25H29N5O2. The molecule has 0 unspecified atom stereocenters. The quantitative estimate of drug-likeness (QED) is 0.617. The number of nitrogens with one attached hydrogen (secondary N) is 2. The van der Waals surface area contributed by atoms with Crippen LogP contribution in [-0.2, 0) is 11.8 Å². The van der Waals surface area contributed by atoms with Crippen LogP contribution in [0.25, 0.3) is 11.1 Å². The molecule has 166 valence electrons. The van der Waals surface area contributed by atoms with E-state index < -0.39 is 6.04 Å². The first-order valence-electron chi connectivity index (χ1n) is 11.1. The second kappa shape index (κ2) is 9.34. The van der Waals surface area contributed by atoms with Crippen molar-refractivity contribution in [3.05, 3.63) is 65.7 Å². The molecule has 4 rings (SSSR count). The Labute approximate surface area is 188 Å². The molecular weight excluding hydrogens is 402 g/mol. The van der Waals surface area contributed by atoms with Crippen molar-refractivity contribution in [2.24, 2.45) is 13.0 Å². The van der Waals surface area contributed by atoms with E-state index in [0.717, 1.165) is 48.1 Å². The Morgan fingerprint density at radius 2 is 1.75 bits per heavy atom. The summed E-state index contributed by atoms with van der Waals surface area (Å²) in [7, 11) is 1.72. The fourth-order valence-electron chi connectivity index (χ4n) is 4.57. The molecule has 3 aromatic rings. The molecule has 1 aromatic carbocycles. The van der Waals surface area contributed by atoms with Crippen molar-refractivity contribution in [2.75, 3.05) is 5.32 Å².